The summed E-state index contributed by atoms with van der Waals surface area (Å²) in [6.45, 7) is 5.68. The maximum Gasteiger partial charge on any atom is 0.408 e. The average molecular weight is 704 g/mol. The summed E-state index contributed by atoms with van der Waals surface area (Å²) in [7, 11) is -4.26. The van der Waals surface area contributed by atoms with Crippen molar-refractivity contribution in [3.05, 3.63) is 59.1 Å². The zero-order valence-electron chi connectivity index (χ0n) is 27.1. The fourth-order valence-electron chi connectivity index (χ4n) is 6.31. The van der Waals surface area contributed by atoms with Gasteiger partial charge in [-0.2, -0.15) is 0 Å². The lowest BCUT2D eigenvalue weighted by molar-refractivity contribution is -0.139. The number of anilines is 1. The van der Waals surface area contributed by atoms with Gasteiger partial charge < -0.3 is 33.9 Å². The van der Waals surface area contributed by atoms with Crippen LogP contribution in [0.1, 0.15) is 45.1 Å². The normalized spacial score (nSPS) is 27.6. The average Bonchev–Trinajstić information content (AvgIpc) is 3.52. The van der Waals surface area contributed by atoms with Crippen molar-refractivity contribution in [2.75, 3.05) is 44.4 Å². The SMILES string of the molecule is CC1(C)OC/C=C/[C@H](OC(=O)N[C@@H]2CCOC2)[C@@H]2CC[C@H]2CN2CCCOc3cc(Cl)ccc3COc3ccc(cc32)S(=O)(=O)NC1=O. The molecule has 48 heavy (non-hydrogen) atoms. The topological polar surface area (TPSA) is 142 Å². The Morgan fingerprint density at radius 3 is 2.71 bits per heavy atom. The number of hydrogen-bond donors (Lipinski definition) is 2. The number of amides is 2. The Labute approximate surface area is 286 Å². The van der Waals surface area contributed by atoms with Crippen molar-refractivity contribution in [1.82, 2.24) is 10.0 Å². The van der Waals surface area contributed by atoms with Gasteiger partial charge in [0, 0.05) is 36.2 Å². The molecule has 0 spiro atoms. The molecule has 6 rings (SSSR count). The lowest BCUT2D eigenvalue weighted by atomic mass is 9.70. The number of fused-ring (bicyclic) bond motifs is 3. The number of benzene rings is 2. The van der Waals surface area contributed by atoms with Crippen LogP contribution < -0.4 is 24.4 Å². The Hall–Kier alpha value is -3.52. The highest BCUT2D eigenvalue weighted by Crippen LogP contribution is 2.42. The Kier molecular flexibility index (Phi) is 10.4. The highest BCUT2D eigenvalue weighted by Gasteiger charge is 2.40. The number of carbonyl (C=O) groups excluding carboxylic acids is 2. The predicted molar refractivity (Wildman–Crippen MR) is 178 cm³/mol. The van der Waals surface area contributed by atoms with E-state index in [0.717, 1.165) is 24.8 Å². The first-order chi connectivity index (χ1) is 23.0. The number of halogens is 1. The molecule has 12 nitrogen and oxygen atoms in total. The van der Waals surface area contributed by atoms with E-state index in [1.54, 1.807) is 36.4 Å². The molecule has 0 radical (unpaired) electrons. The smallest absolute Gasteiger partial charge is 0.408 e. The van der Waals surface area contributed by atoms with Crippen molar-refractivity contribution in [1.29, 1.82) is 0 Å². The first-order valence-corrected chi connectivity index (χ1v) is 18.2. The zero-order chi connectivity index (χ0) is 33.9. The van der Waals surface area contributed by atoms with Gasteiger partial charge >= 0.3 is 6.09 Å². The molecule has 2 bridgehead atoms. The minimum absolute atomic E-state index is 0.00566. The molecule has 260 valence electrons. The lowest BCUT2D eigenvalue weighted by Gasteiger charge is -2.43. The van der Waals surface area contributed by atoms with Gasteiger partial charge in [-0.1, -0.05) is 23.7 Å². The van der Waals surface area contributed by atoms with E-state index in [4.69, 9.17) is 35.3 Å². The lowest BCUT2D eigenvalue weighted by Crippen LogP contribution is -2.47. The number of nitrogens with one attached hydrogen (secondary N) is 2. The molecule has 0 aromatic heterocycles. The van der Waals surface area contributed by atoms with Gasteiger partial charge in [0.05, 0.1) is 36.4 Å². The molecule has 0 unspecified atom stereocenters. The second kappa shape index (κ2) is 14.5. The van der Waals surface area contributed by atoms with Crippen LogP contribution in [0.25, 0.3) is 0 Å². The van der Waals surface area contributed by atoms with E-state index in [1.165, 1.54) is 19.9 Å². The third kappa shape index (κ3) is 8.02. The molecule has 4 aliphatic rings. The largest absolute Gasteiger partial charge is 0.493 e. The summed E-state index contributed by atoms with van der Waals surface area (Å²) in [5.41, 5.74) is -0.108. The van der Waals surface area contributed by atoms with Crippen LogP contribution in [0, 0.1) is 11.8 Å². The van der Waals surface area contributed by atoms with Crippen LogP contribution in [-0.4, -0.2) is 77.7 Å². The number of rotatable bonds is 2. The molecule has 1 saturated heterocycles. The molecule has 3 aliphatic heterocycles. The Morgan fingerprint density at radius 1 is 1.08 bits per heavy atom. The van der Waals surface area contributed by atoms with E-state index in [1.807, 2.05) is 6.07 Å². The minimum atomic E-state index is -4.26. The highest BCUT2D eigenvalue weighted by molar-refractivity contribution is 7.90. The Bertz CT molecular complexity index is 1640. The fourth-order valence-corrected chi connectivity index (χ4v) is 7.60. The summed E-state index contributed by atoms with van der Waals surface area (Å²) in [5, 5.41) is 3.46. The summed E-state index contributed by atoms with van der Waals surface area (Å²) in [6.07, 6.45) is 5.52. The van der Waals surface area contributed by atoms with Crippen molar-refractivity contribution in [3.63, 3.8) is 0 Å². The standard InChI is InChI=1S/C34H42ClN3O9S/c1-34(2)32(39)37-48(41,42)26-9-11-30-28(18-26)38(13-4-14-44-31-17-24(35)8-6-23(31)20-45-30)19-22-7-10-27(22)29(5-3-15-46-34)47-33(40)36-25-12-16-43-21-25/h3,5-6,8-9,11,17-18,22,25,27,29H,4,7,10,12-16,19-21H2,1-2H3,(H,36,40)(H,37,39)/b5-3+/t22-,25+,27+,29-/m0/s1. The van der Waals surface area contributed by atoms with Gasteiger partial charge in [-0.25, -0.2) is 17.9 Å². The molecule has 3 heterocycles. The van der Waals surface area contributed by atoms with Gasteiger partial charge in [-0.3, -0.25) is 4.79 Å². The molecule has 14 heteroatoms. The van der Waals surface area contributed by atoms with Crippen molar-refractivity contribution >= 4 is 39.3 Å². The molecule has 1 aliphatic carbocycles. The van der Waals surface area contributed by atoms with Crippen LogP contribution in [0.3, 0.4) is 0 Å². The molecule has 2 fully saturated rings. The Balaban J connectivity index is 1.35. The first kappa shape index (κ1) is 34.3. The Morgan fingerprint density at radius 2 is 1.94 bits per heavy atom. The van der Waals surface area contributed by atoms with Gasteiger partial charge in [0.25, 0.3) is 15.9 Å². The molecule has 4 atom stereocenters. The van der Waals surface area contributed by atoms with Gasteiger partial charge in [-0.15, -0.1) is 0 Å². The van der Waals surface area contributed by atoms with Gasteiger partial charge in [0.1, 0.15) is 29.8 Å². The van der Waals surface area contributed by atoms with Gasteiger partial charge in [0.2, 0.25) is 0 Å². The summed E-state index contributed by atoms with van der Waals surface area (Å²) >= 11 is 6.25. The van der Waals surface area contributed by atoms with E-state index in [0.29, 0.717) is 61.5 Å². The van der Waals surface area contributed by atoms with Gasteiger partial charge in [0.15, 0.2) is 0 Å². The number of hydrogen-bond acceptors (Lipinski definition) is 10. The van der Waals surface area contributed by atoms with E-state index in [2.05, 4.69) is 14.9 Å². The third-order valence-electron chi connectivity index (χ3n) is 9.31. The van der Waals surface area contributed by atoms with Crippen LogP contribution in [0.5, 0.6) is 11.5 Å². The molecule has 2 amide bonds. The molecule has 2 N–H and O–H groups in total. The van der Waals surface area contributed by atoms with E-state index < -0.39 is 33.7 Å². The minimum Gasteiger partial charge on any atom is -0.493 e. The van der Waals surface area contributed by atoms with Crippen molar-refractivity contribution in [2.45, 2.75) is 68.8 Å². The highest BCUT2D eigenvalue weighted by atomic mass is 35.5. The van der Waals surface area contributed by atoms with Gasteiger partial charge in [-0.05, 0) is 81.9 Å². The van der Waals surface area contributed by atoms with E-state index in [-0.39, 0.29) is 36.0 Å². The number of sulfonamides is 1. The summed E-state index contributed by atoms with van der Waals surface area (Å²) in [5.74, 6) is 0.401. The predicted octanol–water partition coefficient (Wildman–Crippen LogP) is 4.59. The summed E-state index contributed by atoms with van der Waals surface area (Å²) in [4.78, 5) is 28.2. The van der Waals surface area contributed by atoms with Crippen molar-refractivity contribution < 1.29 is 41.7 Å². The van der Waals surface area contributed by atoms with Crippen LogP contribution in [-0.2, 0) is 35.6 Å². The maximum absolute atomic E-state index is 13.5. The molecule has 2 aromatic carbocycles. The van der Waals surface area contributed by atoms with Crippen molar-refractivity contribution in [2.24, 2.45) is 11.8 Å². The second-order valence-corrected chi connectivity index (χ2v) is 15.2. The number of carbonyl (C=O) groups is 2. The van der Waals surface area contributed by atoms with Crippen LogP contribution >= 0.6 is 11.6 Å². The quantitative estimate of drug-likeness (QED) is 0.427. The zero-order valence-corrected chi connectivity index (χ0v) is 28.7. The van der Waals surface area contributed by atoms with E-state index in [9.17, 15) is 18.0 Å². The number of nitrogens with zero attached hydrogens (tertiary/aromatic N) is 1. The summed E-state index contributed by atoms with van der Waals surface area (Å²) < 4.78 is 58.9. The third-order valence-corrected chi connectivity index (χ3v) is 10.9. The molecule has 1 saturated carbocycles. The second-order valence-electron chi connectivity index (χ2n) is 13.1. The number of alkyl carbamates (subject to hydrolysis) is 1. The molecule has 2 aromatic rings. The fraction of sp³-hybridized carbons (Fsp3) is 0.529. The number of ether oxygens (including phenoxy) is 5. The van der Waals surface area contributed by atoms with Crippen LogP contribution in [0.4, 0.5) is 10.5 Å². The first-order valence-electron chi connectivity index (χ1n) is 16.3. The molecular formula is C34H42ClN3O9S. The summed E-state index contributed by atoms with van der Waals surface area (Å²) in [6, 6.07) is 9.86. The van der Waals surface area contributed by atoms with Crippen LogP contribution in [0.2, 0.25) is 5.02 Å². The van der Waals surface area contributed by atoms with Crippen LogP contribution in [0.15, 0.2) is 53.4 Å². The van der Waals surface area contributed by atoms with Crippen molar-refractivity contribution in [3.8, 4) is 11.5 Å². The maximum atomic E-state index is 13.5. The molecular weight excluding hydrogens is 662 g/mol. The monoisotopic (exact) mass is 703 g/mol. The van der Waals surface area contributed by atoms with E-state index >= 15 is 0 Å².